The molecule has 0 aromatic heterocycles. The summed E-state index contributed by atoms with van der Waals surface area (Å²) in [5.41, 5.74) is 0.969. The van der Waals surface area contributed by atoms with Crippen LogP contribution in [0.5, 0.6) is 0 Å². The van der Waals surface area contributed by atoms with E-state index in [-0.39, 0.29) is 11.9 Å². The van der Waals surface area contributed by atoms with Crippen LogP contribution in [0.1, 0.15) is 25.7 Å². The van der Waals surface area contributed by atoms with Crippen molar-refractivity contribution in [3.8, 4) is 0 Å². The first-order valence-electron chi connectivity index (χ1n) is 3.65. The first-order chi connectivity index (χ1) is 4.88. The molecule has 3 heteroatoms. The summed E-state index contributed by atoms with van der Waals surface area (Å²) in [4.78, 5) is 15.4. The summed E-state index contributed by atoms with van der Waals surface area (Å²) in [6, 6.07) is 0. The predicted octanol–water partition coefficient (Wildman–Crippen LogP) is 1.09. The van der Waals surface area contributed by atoms with Gasteiger partial charge in [-0.25, -0.2) is 4.79 Å². The van der Waals surface area contributed by atoms with Crippen LogP contribution >= 0.6 is 0 Å². The minimum Gasteiger partial charge on any atom is -0.318 e. The maximum atomic E-state index is 10.9. The van der Waals surface area contributed by atoms with Crippen LogP contribution in [0.4, 0.5) is 0 Å². The van der Waals surface area contributed by atoms with Crippen molar-refractivity contribution in [1.82, 2.24) is 0 Å². The number of hydrogen-bond acceptors (Lipinski definition) is 3. The highest BCUT2D eigenvalue weighted by Crippen LogP contribution is 2.26. The molecule has 0 N–H and O–H groups in total. The van der Waals surface area contributed by atoms with Gasteiger partial charge in [-0.1, -0.05) is 11.6 Å². The molecule has 1 unspecified atom stereocenters. The molecule has 2 aliphatic rings. The van der Waals surface area contributed by atoms with Gasteiger partial charge in [0.2, 0.25) is 0 Å². The second-order valence-electron chi connectivity index (χ2n) is 2.79. The van der Waals surface area contributed by atoms with Crippen LogP contribution in [0.3, 0.4) is 0 Å². The molecule has 0 radical (unpaired) electrons. The van der Waals surface area contributed by atoms with Gasteiger partial charge in [-0.3, -0.25) is 0 Å². The van der Waals surface area contributed by atoms with Crippen molar-refractivity contribution in [3.05, 3.63) is 0 Å². The predicted molar refractivity (Wildman–Crippen MR) is 35.5 cm³/mol. The third-order valence-corrected chi connectivity index (χ3v) is 2.12. The zero-order valence-corrected chi connectivity index (χ0v) is 5.67. The molecular weight excluding hydrogens is 130 g/mol. The third-order valence-electron chi connectivity index (χ3n) is 2.12. The smallest absolute Gasteiger partial charge is 0.318 e. The van der Waals surface area contributed by atoms with Crippen LogP contribution in [0, 0.1) is 5.92 Å². The number of hydrogen-bond donors (Lipinski definition) is 0. The summed E-state index contributed by atoms with van der Waals surface area (Å²) in [6.07, 6.45) is 4.19. The first-order valence-corrected chi connectivity index (χ1v) is 3.65. The zero-order valence-electron chi connectivity index (χ0n) is 5.67. The molecule has 1 saturated carbocycles. The number of rotatable bonds is 0. The zero-order chi connectivity index (χ0) is 6.97. The topological polar surface area (TPSA) is 38.7 Å². The van der Waals surface area contributed by atoms with E-state index in [4.69, 9.17) is 0 Å². The second kappa shape index (κ2) is 2.08. The fourth-order valence-corrected chi connectivity index (χ4v) is 1.53. The molecule has 3 nitrogen and oxygen atoms in total. The molecule has 0 spiro atoms. The molecule has 1 aliphatic heterocycles. The Morgan fingerprint density at radius 1 is 1.50 bits per heavy atom. The number of nitrogens with zero attached hydrogens (tertiary/aromatic N) is 1. The highest BCUT2D eigenvalue weighted by molar-refractivity contribution is 6.05. The van der Waals surface area contributed by atoms with Crippen LogP contribution < -0.4 is 0 Å². The highest BCUT2D eigenvalue weighted by Gasteiger charge is 2.33. The Hall–Kier alpha value is -0.860. The van der Waals surface area contributed by atoms with Crippen molar-refractivity contribution in [1.29, 1.82) is 0 Å². The van der Waals surface area contributed by atoms with Crippen LogP contribution in [0.15, 0.2) is 5.16 Å². The van der Waals surface area contributed by atoms with Crippen molar-refractivity contribution < 1.29 is 9.63 Å². The van der Waals surface area contributed by atoms with E-state index in [1.54, 1.807) is 0 Å². The minimum atomic E-state index is -0.144. The average Bonchev–Trinajstić information content (AvgIpc) is 2.34. The summed E-state index contributed by atoms with van der Waals surface area (Å²) in [7, 11) is 0. The van der Waals surface area contributed by atoms with E-state index >= 15 is 0 Å². The lowest BCUT2D eigenvalue weighted by molar-refractivity contribution is -0.143. The van der Waals surface area contributed by atoms with Crippen LogP contribution in [-0.2, 0) is 9.63 Å². The van der Waals surface area contributed by atoms with E-state index < -0.39 is 0 Å². The first kappa shape index (κ1) is 5.89. The third kappa shape index (κ3) is 0.735. The quantitative estimate of drug-likeness (QED) is 0.471. The van der Waals surface area contributed by atoms with Crippen molar-refractivity contribution in [2.75, 3.05) is 0 Å². The molecule has 1 heterocycles. The minimum absolute atomic E-state index is 0.0220. The van der Waals surface area contributed by atoms with Gasteiger partial charge in [0.25, 0.3) is 0 Å². The van der Waals surface area contributed by atoms with E-state index in [9.17, 15) is 4.79 Å². The Kier molecular flexibility index (Phi) is 1.22. The Labute approximate surface area is 59.0 Å². The van der Waals surface area contributed by atoms with Gasteiger partial charge in [0.05, 0.1) is 5.71 Å². The molecule has 0 aromatic carbocycles. The normalized spacial score (nSPS) is 31.0. The van der Waals surface area contributed by atoms with Crippen molar-refractivity contribution in [2.24, 2.45) is 11.1 Å². The van der Waals surface area contributed by atoms with Crippen molar-refractivity contribution in [3.63, 3.8) is 0 Å². The molecule has 10 heavy (non-hydrogen) atoms. The Balaban J connectivity index is 2.18. The molecule has 1 aliphatic carbocycles. The second-order valence-corrected chi connectivity index (χ2v) is 2.79. The van der Waals surface area contributed by atoms with Gasteiger partial charge in [-0.15, -0.1) is 0 Å². The van der Waals surface area contributed by atoms with Gasteiger partial charge in [-0.05, 0) is 19.3 Å². The molecule has 0 aromatic rings. The van der Waals surface area contributed by atoms with Crippen LogP contribution in [0.25, 0.3) is 0 Å². The average molecular weight is 139 g/mol. The summed E-state index contributed by atoms with van der Waals surface area (Å²) in [5.74, 6) is -0.122. The number of carbonyl (C=O) groups excluding carboxylic acids is 1. The fraction of sp³-hybridized carbons (Fsp3) is 0.714. The molecule has 54 valence electrons. The van der Waals surface area contributed by atoms with Gasteiger partial charge < -0.3 is 4.84 Å². The SMILES string of the molecule is O=C1ON=C2CCCCC12. The number of oxime groups is 1. The van der Waals surface area contributed by atoms with Crippen LogP contribution in [-0.4, -0.2) is 11.7 Å². The maximum Gasteiger partial charge on any atom is 0.343 e. The lowest BCUT2D eigenvalue weighted by atomic mass is 9.88. The summed E-state index contributed by atoms with van der Waals surface area (Å²) in [5, 5.41) is 3.71. The summed E-state index contributed by atoms with van der Waals surface area (Å²) >= 11 is 0. The number of fused-ring (bicyclic) bond motifs is 1. The maximum absolute atomic E-state index is 10.9. The monoisotopic (exact) mass is 139 g/mol. The van der Waals surface area contributed by atoms with E-state index in [1.165, 1.54) is 0 Å². The molecular formula is C7H9NO2. The molecule has 0 bridgehead atoms. The van der Waals surface area contributed by atoms with E-state index in [2.05, 4.69) is 9.99 Å². The Bertz CT molecular complexity index is 198. The summed E-state index contributed by atoms with van der Waals surface area (Å²) < 4.78 is 0. The molecule has 0 saturated heterocycles. The van der Waals surface area contributed by atoms with E-state index in [0.29, 0.717) is 0 Å². The molecule has 0 amide bonds. The standard InChI is InChI=1S/C7H9NO2/c9-7-5-3-1-2-4-6(5)8-10-7/h5H,1-4H2. The van der Waals surface area contributed by atoms with Crippen molar-refractivity contribution >= 4 is 11.7 Å². The van der Waals surface area contributed by atoms with Gasteiger partial charge >= 0.3 is 5.97 Å². The fourth-order valence-electron chi connectivity index (χ4n) is 1.53. The van der Waals surface area contributed by atoms with E-state index in [1.807, 2.05) is 0 Å². The van der Waals surface area contributed by atoms with Crippen molar-refractivity contribution in [2.45, 2.75) is 25.7 Å². The highest BCUT2D eigenvalue weighted by atomic mass is 16.7. The largest absolute Gasteiger partial charge is 0.343 e. The van der Waals surface area contributed by atoms with Gasteiger partial charge in [0.1, 0.15) is 5.92 Å². The van der Waals surface area contributed by atoms with Gasteiger partial charge in [0, 0.05) is 0 Å². The molecule has 1 fully saturated rings. The van der Waals surface area contributed by atoms with Gasteiger partial charge in [0.15, 0.2) is 0 Å². The molecule has 2 rings (SSSR count). The Morgan fingerprint density at radius 3 is 3.20 bits per heavy atom. The van der Waals surface area contributed by atoms with Crippen LogP contribution in [0.2, 0.25) is 0 Å². The summed E-state index contributed by atoms with van der Waals surface area (Å²) in [6.45, 7) is 0. The Morgan fingerprint density at radius 2 is 2.40 bits per heavy atom. The molecule has 1 atom stereocenters. The van der Waals surface area contributed by atoms with E-state index in [0.717, 1.165) is 31.4 Å². The lowest BCUT2D eigenvalue weighted by Gasteiger charge is -2.13. The number of carbonyl (C=O) groups is 1. The van der Waals surface area contributed by atoms with Gasteiger partial charge in [-0.2, -0.15) is 0 Å². The lowest BCUT2D eigenvalue weighted by Crippen LogP contribution is -2.21.